The molecule has 36 heavy (non-hydrogen) atoms. The van der Waals surface area contributed by atoms with Gasteiger partial charge in [0, 0.05) is 37.8 Å². The molecule has 4 rings (SSSR count). The molecule has 0 saturated carbocycles. The Bertz CT molecular complexity index is 1140. The fourth-order valence-corrected chi connectivity index (χ4v) is 5.03. The number of fused-ring (bicyclic) bond motifs is 1. The van der Waals surface area contributed by atoms with E-state index < -0.39 is 0 Å². The minimum Gasteiger partial charge on any atom is -0.497 e. The first kappa shape index (κ1) is 27.8. The molecular formula is C25H32ClN3O6S. The van der Waals surface area contributed by atoms with Crippen LogP contribution in [-0.2, 0) is 4.74 Å². The van der Waals surface area contributed by atoms with E-state index in [0.29, 0.717) is 34.5 Å². The van der Waals surface area contributed by atoms with Crippen LogP contribution in [-0.4, -0.2) is 83.6 Å². The van der Waals surface area contributed by atoms with Gasteiger partial charge in [0.25, 0.3) is 5.91 Å². The summed E-state index contributed by atoms with van der Waals surface area (Å²) in [4.78, 5) is 22.7. The zero-order chi connectivity index (χ0) is 24.8. The molecule has 196 valence electrons. The number of amides is 1. The summed E-state index contributed by atoms with van der Waals surface area (Å²) in [5.41, 5.74) is 1.22. The van der Waals surface area contributed by atoms with Gasteiger partial charge in [-0.05, 0) is 30.7 Å². The number of aromatic nitrogens is 1. The Balaban J connectivity index is 0.00000361. The van der Waals surface area contributed by atoms with Crippen LogP contribution in [0.25, 0.3) is 10.2 Å². The van der Waals surface area contributed by atoms with Gasteiger partial charge in [-0.15, -0.1) is 12.4 Å². The lowest BCUT2D eigenvalue weighted by Gasteiger charge is -2.28. The molecule has 1 aliphatic rings. The zero-order valence-electron chi connectivity index (χ0n) is 20.9. The maximum atomic E-state index is 13.8. The predicted molar refractivity (Wildman–Crippen MR) is 143 cm³/mol. The fourth-order valence-electron chi connectivity index (χ4n) is 4.06. The van der Waals surface area contributed by atoms with Crippen LogP contribution in [0, 0.1) is 0 Å². The number of nitrogens with zero attached hydrogens (tertiary/aromatic N) is 3. The first-order chi connectivity index (χ1) is 17.1. The number of carbonyl (C=O) groups is 1. The number of rotatable bonds is 10. The summed E-state index contributed by atoms with van der Waals surface area (Å²) < 4.78 is 28.1. The van der Waals surface area contributed by atoms with Crippen molar-refractivity contribution in [2.24, 2.45) is 0 Å². The molecule has 1 amide bonds. The highest BCUT2D eigenvalue weighted by molar-refractivity contribution is 7.22. The number of hydrogen-bond acceptors (Lipinski definition) is 9. The van der Waals surface area contributed by atoms with Crippen LogP contribution >= 0.6 is 23.7 Å². The summed E-state index contributed by atoms with van der Waals surface area (Å²) in [5, 5.41) is 0.633. The molecule has 0 radical (unpaired) electrons. The molecule has 1 fully saturated rings. The average Bonchev–Trinajstić information content (AvgIpc) is 3.33. The minimum atomic E-state index is -0.183. The van der Waals surface area contributed by atoms with E-state index in [1.54, 1.807) is 24.1 Å². The Morgan fingerprint density at radius 1 is 1.03 bits per heavy atom. The molecule has 2 heterocycles. The second-order valence-electron chi connectivity index (χ2n) is 8.01. The monoisotopic (exact) mass is 537 g/mol. The summed E-state index contributed by atoms with van der Waals surface area (Å²) >= 11 is 1.48. The number of anilines is 1. The van der Waals surface area contributed by atoms with Crippen molar-refractivity contribution in [2.45, 2.75) is 6.42 Å². The van der Waals surface area contributed by atoms with Crippen molar-refractivity contribution in [3.8, 4) is 23.0 Å². The van der Waals surface area contributed by atoms with Gasteiger partial charge in [-0.3, -0.25) is 14.6 Å². The van der Waals surface area contributed by atoms with Crippen molar-refractivity contribution >= 4 is 45.0 Å². The second-order valence-corrected chi connectivity index (χ2v) is 9.02. The lowest BCUT2D eigenvalue weighted by molar-refractivity contribution is 0.0376. The standard InChI is InChI=1S/C25H31N3O6S.ClH/c1-30-18-6-7-22-19(16-18)26-25(35-22)28(9-5-8-27-10-12-34-13-11-27)24(29)17-14-20(31-2)23(33-4)21(15-17)32-3;/h6-7,14-16H,5,8-13H2,1-4H3;1H. The Morgan fingerprint density at radius 2 is 1.72 bits per heavy atom. The van der Waals surface area contributed by atoms with E-state index in [2.05, 4.69) is 4.90 Å². The van der Waals surface area contributed by atoms with Crippen molar-refractivity contribution in [3.05, 3.63) is 35.9 Å². The molecule has 0 aliphatic carbocycles. The van der Waals surface area contributed by atoms with E-state index in [1.165, 1.54) is 32.7 Å². The molecule has 0 unspecified atom stereocenters. The SMILES string of the molecule is COc1ccc2sc(N(CCCN3CCOCC3)C(=O)c3cc(OC)c(OC)c(OC)c3)nc2c1.Cl. The van der Waals surface area contributed by atoms with Gasteiger partial charge < -0.3 is 23.7 Å². The van der Waals surface area contributed by atoms with Gasteiger partial charge in [0.05, 0.1) is 51.9 Å². The Labute approximate surface area is 221 Å². The summed E-state index contributed by atoms with van der Waals surface area (Å²) in [6.07, 6.45) is 0.801. The van der Waals surface area contributed by atoms with E-state index >= 15 is 0 Å². The third-order valence-electron chi connectivity index (χ3n) is 5.93. The number of methoxy groups -OCH3 is 4. The molecule has 0 atom stereocenters. The van der Waals surface area contributed by atoms with Crippen LogP contribution in [0.3, 0.4) is 0 Å². The van der Waals surface area contributed by atoms with Crippen LogP contribution in [0.4, 0.5) is 5.13 Å². The van der Waals surface area contributed by atoms with Crippen LogP contribution < -0.4 is 23.8 Å². The van der Waals surface area contributed by atoms with E-state index in [1.807, 2.05) is 18.2 Å². The van der Waals surface area contributed by atoms with Gasteiger partial charge >= 0.3 is 0 Å². The summed E-state index contributed by atoms with van der Waals surface area (Å²) in [7, 11) is 6.23. The van der Waals surface area contributed by atoms with E-state index in [-0.39, 0.29) is 18.3 Å². The number of thiazole rings is 1. The molecule has 0 bridgehead atoms. The molecule has 11 heteroatoms. The summed E-state index contributed by atoms with van der Waals surface area (Å²) in [6, 6.07) is 9.09. The molecule has 2 aromatic carbocycles. The van der Waals surface area contributed by atoms with Crippen molar-refractivity contribution in [1.29, 1.82) is 0 Å². The number of hydrogen-bond donors (Lipinski definition) is 0. The van der Waals surface area contributed by atoms with Gasteiger partial charge in [-0.1, -0.05) is 11.3 Å². The smallest absolute Gasteiger partial charge is 0.260 e. The largest absolute Gasteiger partial charge is 0.497 e. The van der Waals surface area contributed by atoms with Crippen LogP contribution in [0.5, 0.6) is 23.0 Å². The molecular weight excluding hydrogens is 506 g/mol. The number of morpholine rings is 1. The highest BCUT2D eigenvalue weighted by Crippen LogP contribution is 2.39. The highest BCUT2D eigenvalue weighted by atomic mass is 35.5. The molecule has 1 aromatic heterocycles. The first-order valence-corrected chi connectivity index (χ1v) is 12.3. The third kappa shape index (κ3) is 6.12. The lowest BCUT2D eigenvalue weighted by Crippen LogP contribution is -2.39. The molecule has 0 spiro atoms. The molecule has 1 saturated heterocycles. The lowest BCUT2D eigenvalue weighted by atomic mass is 10.1. The number of halogens is 1. The highest BCUT2D eigenvalue weighted by Gasteiger charge is 2.25. The van der Waals surface area contributed by atoms with Crippen molar-refractivity contribution in [3.63, 3.8) is 0 Å². The third-order valence-corrected chi connectivity index (χ3v) is 6.99. The summed E-state index contributed by atoms with van der Waals surface area (Å²) in [5.74, 6) is 1.84. The molecule has 9 nitrogen and oxygen atoms in total. The number of carbonyl (C=O) groups excluding carboxylic acids is 1. The maximum Gasteiger partial charge on any atom is 0.260 e. The molecule has 0 N–H and O–H groups in total. The Kier molecular flexibility index (Phi) is 10.0. The van der Waals surface area contributed by atoms with Crippen molar-refractivity contribution in [1.82, 2.24) is 9.88 Å². The van der Waals surface area contributed by atoms with E-state index in [0.717, 1.165) is 55.2 Å². The summed E-state index contributed by atoms with van der Waals surface area (Å²) in [6.45, 7) is 4.69. The van der Waals surface area contributed by atoms with Crippen LogP contribution in [0.1, 0.15) is 16.8 Å². The minimum absolute atomic E-state index is 0. The van der Waals surface area contributed by atoms with Crippen molar-refractivity contribution < 1.29 is 28.5 Å². The Hall–Kier alpha value is -2.79. The topological polar surface area (TPSA) is 82.6 Å². The fraction of sp³-hybridized carbons (Fsp3) is 0.440. The van der Waals surface area contributed by atoms with E-state index in [4.69, 9.17) is 28.7 Å². The molecule has 3 aromatic rings. The van der Waals surface area contributed by atoms with Gasteiger partial charge in [0.2, 0.25) is 5.75 Å². The van der Waals surface area contributed by atoms with Crippen LogP contribution in [0.15, 0.2) is 30.3 Å². The quantitative estimate of drug-likeness (QED) is 0.382. The van der Waals surface area contributed by atoms with Crippen LogP contribution in [0.2, 0.25) is 0 Å². The van der Waals surface area contributed by atoms with Gasteiger partial charge in [0.15, 0.2) is 16.6 Å². The number of benzene rings is 2. The van der Waals surface area contributed by atoms with Gasteiger partial charge in [0.1, 0.15) is 5.75 Å². The maximum absolute atomic E-state index is 13.8. The molecule has 1 aliphatic heterocycles. The van der Waals surface area contributed by atoms with Crippen molar-refractivity contribution in [2.75, 3.05) is 72.7 Å². The van der Waals surface area contributed by atoms with Gasteiger partial charge in [-0.25, -0.2) is 4.98 Å². The number of ether oxygens (including phenoxy) is 5. The second kappa shape index (κ2) is 13.0. The Morgan fingerprint density at radius 3 is 2.33 bits per heavy atom. The average molecular weight is 538 g/mol. The van der Waals surface area contributed by atoms with E-state index in [9.17, 15) is 4.79 Å². The first-order valence-electron chi connectivity index (χ1n) is 11.4. The van der Waals surface area contributed by atoms with Gasteiger partial charge in [-0.2, -0.15) is 0 Å². The normalized spacial score (nSPS) is 13.7. The predicted octanol–water partition coefficient (Wildman–Crippen LogP) is 4.12. The zero-order valence-corrected chi connectivity index (χ0v) is 22.6.